The van der Waals surface area contributed by atoms with Gasteiger partial charge in [0.05, 0.1) is 22.3 Å². The highest BCUT2D eigenvalue weighted by atomic mass is 16.3. The van der Waals surface area contributed by atoms with E-state index in [2.05, 4.69) is 282 Å². The number of rotatable bonds is 4. The van der Waals surface area contributed by atoms with Crippen LogP contribution < -0.4 is 31.1 Å². The highest BCUT2D eigenvalue weighted by Gasteiger charge is 2.60. The summed E-state index contributed by atoms with van der Waals surface area (Å²) in [5.74, 6) is 0. The van der Waals surface area contributed by atoms with Gasteiger partial charge in [0.1, 0.15) is 11.1 Å². The number of furan rings is 1. The van der Waals surface area contributed by atoms with Crippen molar-refractivity contribution in [3.8, 4) is 16.8 Å². The van der Waals surface area contributed by atoms with Gasteiger partial charge in [-0.2, -0.15) is 0 Å². The van der Waals surface area contributed by atoms with Crippen molar-refractivity contribution in [3.63, 3.8) is 0 Å². The molecule has 6 heterocycles. The molecule has 0 N–H and O–H groups in total. The quantitative estimate of drug-likeness (QED) is 0.164. The van der Waals surface area contributed by atoms with Crippen LogP contribution in [0, 0.1) is 0 Å². The Kier molecular flexibility index (Phi) is 11.5. The zero-order chi connectivity index (χ0) is 61.4. The largest absolute Gasteiger partial charge is 0.454 e. The maximum absolute atomic E-state index is 7.25. The molecule has 16 rings (SSSR count). The third-order valence-electron chi connectivity index (χ3n) is 23.7. The summed E-state index contributed by atoms with van der Waals surface area (Å²) in [5, 5.41) is 2.34. The monoisotopic (exact) mass is 1160 g/mol. The van der Waals surface area contributed by atoms with E-state index in [1.807, 2.05) is 0 Å². The van der Waals surface area contributed by atoms with Gasteiger partial charge in [0.2, 0.25) is 0 Å². The molecule has 4 aliphatic heterocycles. The van der Waals surface area contributed by atoms with Crippen molar-refractivity contribution in [1.29, 1.82) is 0 Å². The minimum atomic E-state index is -0.200. The summed E-state index contributed by atoms with van der Waals surface area (Å²) >= 11 is 0. The molecule has 8 aromatic carbocycles. The third-order valence-corrected chi connectivity index (χ3v) is 23.7. The number of nitrogens with zero attached hydrogens (tertiary/aromatic N) is 4. The molecule has 2 saturated carbocycles. The van der Waals surface area contributed by atoms with Crippen molar-refractivity contribution in [3.05, 3.63) is 185 Å². The first-order chi connectivity index (χ1) is 41.6. The van der Waals surface area contributed by atoms with E-state index in [0.717, 1.165) is 41.3 Å². The lowest BCUT2D eigenvalue weighted by molar-refractivity contribution is 0.195. The molecule has 10 aromatic rings. The van der Waals surface area contributed by atoms with Crippen LogP contribution in [0.15, 0.2) is 156 Å². The number of aromatic nitrogens is 1. The van der Waals surface area contributed by atoms with E-state index < -0.39 is 0 Å². The second-order valence-electron chi connectivity index (χ2n) is 32.8. The van der Waals surface area contributed by atoms with Crippen molar-refractivity contribution < 1.29 is 4.42 Å². The molecular formula is C82H89BN4O. The Morgan fingerprint density at radius 3 is 1.53 bits per heavy atom. The lowest BCUT2D eigenvalue weighted by atomic mass is 9.33. The number of anilines is 7. The fourth-order valence-corrected chi connectivity index (χ4v) is 18.2. The van der Waals surface area contributed by atoms with E-state index >= 15 is 0 Å². The number of para-hydroxylation sites is 1. The van der Waals surface area contributed by atoms with Gasteiger partial charge >= 0.3 is 0 Å². The topological polar surface area (TPSA) is 27.8 Å². The fourth-order valence-electron chi connectivity index (χ4n) is 18.2. The Bertz CT molecular complexity index is 4610. The Hall–Kier alpha value is -7.44. The van der Waals surface area contributed by atoms with Gasteiger partial charge in [-0.15, -0.1) is 0 Å². The summed E-state index contributed by atoms with van der Waals surface area (Å²) in [7, 11) is 0. The van der Waals surface area contributed by atoms with Gasteiger partial charge in [-0.3, -0.25) is 0 Å². The molecular weight excluding hydrogens is 1070 g/mol. The smallest absolute Gasteiger partial charge is 0.252 e. The number of fused-ring (bicyclic) bond motifs is 15. The average molecular weight is 1160 g/mol. The van der Waals surface area contributed by atoms with Crippen molar-refractivity contribution in [2.24, 2.45) is 0 Å². The number of benzene rings is 8. The lowest BCUT2D eigenvalue weighted by Crippen LogP contribution is -2.61. The van der Waals surface area contributed by atoms with E-state index in [1.54, 1.807) is 0 Å². The van der Waals surface area contributed by atoms with Crippen LogP contribution in [0.1, 0.15) is 196 Å². The standard InChI is InChI=1S/C82H89BN4O/c1-75(2,3)51-30-35-64(58(42-51)50-26-18-17-19-27-50)84-67-47-55(86-65-36-31-52(76(4,5)6)44-60(65)79(13)38-22-24-40-81(79,86)15)33-34-62(67)83-63-46-54(78(10,11)12)43-59-72(63)85(73-57-28-20-21-29-70(57)88-74(59)73)69-49-56(48-68(84)71(69)83)87-66-37-32-53(77(7,8)9)45-61(66)80(14)39-23-25-41-82(80,87)16/h17-21,26-37,42-49H,22-25,38-41H2,1-16H3. The van der Waals surface area contributed by atoms with Gasteiger partial charge in [0.25, 0.3) is 6.71 Å². The Morgan fingerprint density at radius 2 is 0.932 bits per heavy atom. The molecule has 0 saturated heterocycles. The highest BCUT2D eigenvalue weighted by Crippen LogP contribution is 2.64. The van der Waals surface area contributed by atoms with Crippen LogP contribution in [0.3, 0.4) is 0 Å². The maximum atomic E-state index is 7.25. The second-order valence-corrected chi connectivity index (χ2v) is 32.8. The van der Waals surface area contributed by atoms with E-state index in [1.165, 1.54) is 149 Å². The third kappa shape index (κ3) is 7.47. The highest BCUT2D eigenvalue weighted by molar-refractivity contribution is 7.00. The first-order valence-corrected chi connectivity index (χ1v) is 33.4. The first kappa shape index (κ1) is 55.8. The molecule has 4 unspecified atom stereocenters. The van der Waals surface area contributed by atoms with Gasteiger partial charge in [-0.25, -0.2) is 0 Å². The molecule has 5 nitrogen and oxygen atoms in total. The van der Waals surface area contributed by atoms with Crippen LogP contribution in [-0.4, -0.2) is 22.4 Å². The summed E-state index contributed by atoms with van der Waals surface area (Å²) in [4.78, 5) is 8.44. The van der Waals surface area contributed by atoms with Gasteiger partial charge in [-0.05, 0) is 183 Å². The minimum absolute atomic E-state index is 0.0128. The van der Waals surface area contributed by atoms with Crippen LogP contribution in [0.4, 0.5) is 39.8 Å². The van der Waals surface area contributed by atoms with Crippen LogP contribution in [0.2, 0.25) is 0 Å². The Morgan fingerprint density at radius 1 is 0.409 bits per heavy atom. The average Bonchev–Trinajstić information content (AvgIpc) is 1.39. The molecule has 2 aliphatic carbocycles. The fraction of sp³-hybridized carbons (Fsp3) is 0.390. The number of hydrogen-bond donors (Lipinski definition) is 0. The molecule has 0 amide bonds. The van der Waals surface area contributed by atoms with Gasteiger partial charge in [-0.1, -0.05) is 208 Å². The predicted molar refractivity (Wildman–Crippen MR) is 376 cm³/mol. The molecule has 2 aromatic heterocycles. The minimum Gasteiger partial charge on any atom is -0.454 e. The predicted octanol–water partition coefficient (Wildman–Crippen LogP) is 20.5. The molecule has 6 aliphatic rings. The summed E-state index contributed by atoms with van der Waals surface area (Å²) in [6.45, 7) is 38.8. The summed E-state index contributed by atoms with van der Waals surface area (Å²) in [5.41, 5.74) is 28.8. The summed E-state index contributed by atoms with van der Waals surface area (Å²) < 4.78 is 9.92. The Labute approximate surface area is 524 Å². The second kappa shape index (κ2) is 18.1. The summed E-state index contributed by atoms with van der Waals surface area (Å²) in [6, 6.07) is 60.7. The first-order valence-electron chi connectivity index (χ1n) is 33.4. The van der Waals surface area contributed by atoms with E-state index in [-0.39, 0.29) is 50.3 Å². The molecule has 0 bridgehead atoms. The molecule has 2 fully saturated rings. The van der Waals surface area contributed by atoms with Gasteiger partial charge in [0.15, 0.2) is 5.58 Å². The van der Waals surface area contributed by atoms with Gasteiger partial charge in [0, 0.05) is 67.0 Å². The normalized spacial score (nSPS) is 23.0. The zero-order valence-electron chi connectivity index (χ0n) is 55.4. The number of hydrogen-bond acceptors (Lipinski definition) is 4. The maximum Gasteiger partial charge on any atom is 0.252 e. The van der Waals surface area contributed by atoms with E-state index in [4.69, 9.17) is 4.42 Å². The lowest BCUT2D eigenvalue weighted by Gasteiger charge is -2.51. The SMILES string of the molecule is CC(C)(C)c1ccc(N2c3cc(N4c5ccc(C(C)(C)C)cc5C5(C)CCCCC45C)ccc3B3c4c2cc(N2c5ccc(C(C)(C)C)cc5C5(C)CCCCC25C)cc4-n2c4c3cc(C(C)(C)C)cc4c3oc4ccccc4c32)c(-c2ccccc2)c1. The molecule has 88 heavy (non-hydrogen) atoms. The molecule has 0 radical (unpaired) electrons. The molecule has 4 atom stereocenters. The molecule has 6 heteroatoms. The summed E-state index contributed by atoms with van der Waals surface area (Å²) in [6.07, 6.45) is 9.45. The molecule has 0 spiro atoms. The van der Waals surface area contributed by atoms with E-state index in [0.29, 0.717) is 0 Å². The van der Waals surface area contributed by atoms with Crippen molar-refractivity contribution in [1.82, 2.24) is 4.57 Å². The van der Waals surface area contributed by atoms with Crippen LogP contribution in [-0.2, 0) is 32.5 Å². The van der Waals surface area contributed by atoms with Gasteiger partial charge < -0.3 is 23.7 Å². The zero-order valence-corrected chi connectivity index (χ0v) is 55.4. The van der Waals surface area contributed by atoms with Crippen LogP contribution in [0.5, 0.6) is 0 Å². The van der Waals surface area contributed by atoms with Crippen molar-refractivity contribution >= 4 is 95.9 Å². The Balaban J connectivity index is 1.07. The van der Waals surface area contributed by atoms with Crippen molar-refractivity contribution in [2.75, 3.05) is 14.7 Å². The molecule has 446 valence electrons. The van der Waals surface area contributed by atoms with Crippen LogP contribution >= 0.6 is 0 Å². The van der Waals surface area contributed by atoms with Crippen LogP contribution in [0.25, 0.3) is 49.8 Å². The van der Waals surface area contributed by atoms with E-state index in [9.17, 15) is 0 Å². The van der Waals surface area contributed by atoms with Crippen molar-refractivity contribution in [2.45, 2.75) is 206 Å².